The van der Waals surface area contributed by atoms with Crippen molar-refractivity contribution in [3.63, 3.8) is 0 Å². The Balaban J connectivity index is 1.55. The molecule has 198 valence electrons. The lowest BCUT2D eigenvalue weighted by Gasteiger charge is -2.59. The molecule has 0 aromatic rings. The second-order valence-corrected chi connectivity index (χ2v) is 13.2. The number of nitrogens with zero attached hydrogens (tertiary/aromatic N) is 2. The Morgan fingerprint density at radius 1 is 1.14 bits per heavy atom. The highest BCUT2D eigenvalue weighted by atomic mass is 16.6. The Labute approximate surface area is 214 Å². The number of fused-ring (bicyclic) bond motifs is 6. The van der Waals surface area contributed by atoms with Crippen LogP contribution in [0.1, 0.15) is 92.4 Å². The molecule has 1 unspecified atom stereocenters. The Hall–Kier alpha value is -1.20. The van der Waals surface area contributed by atoms with Crippen LogP contribution >= 0.6 is 0 Å². The molecule has 4 aliphatic rings. The molecule has 0 saturated heterocycles. The number of likely N-dealkylation sites (N-methyl/N-ethyl adjacent to an activating group) is 2. The molecule has 2 bridgehead atoms. The third kappa shape index (κ3) is 4.54. The molecule has 5 nitrogen and oxygen atoms in total. The van der Waals surface area contributed by atoms with Crippen LogP contribution in [-0.4, -0.2) is 49.8 Å². The van der Waals surface area contributed by atoms with Gasteiger partial charge >= 0.3 is 0 Å². The molecule has 1 N–H and O–H groups in total. The van der Waals surface area contributed by atoms with E-state index in [1.807, 2.05) is 7.05 Å². The quantitative estimate of drug-likeness (QED) is 0.206. The summed E-state index contributed by atoms with van der Waals surface area (Å²) in [6, 6.07) is 0. The van der Waals surface area contributed by atoms with Crippen LogP contribution in [0.2, 0.25) is 0 Å². The smallest absolute Gasteiger partial charge is 0.178 e. The highest BCUT2D eigenvalue weighted by Gasteiger charge is 2.64. The minimum absolute atomic E-state index is 0.0321. The second-order valence-electron chi connectivity index (χ2n) is 13.2. The summed E-state index contributed by atoms with van der Waals surface area (Å²) in [5.74, 6) is 2.66. The maximum absolute atomic E-state index is 12.5. The lowest BCUT2D eigenvalue weighted by Crippen LogP contribution is -2.53. The predicted octanol–water partition coefficient (Wildman–Crippen LogP) is 6.05. The summed E-state index contributed by atoms with van der Waals surface area (Å²) in [6.45, 7) is 18.5. The monoisotopic (exact) mass is 485 g/mol. The van der Waals surface area contributed by atoms with Crippen LogP contribution in [0.5, 0.6) is 0 Å². The fourth-order valence-electron chi connectivity index (χ4n) is 9.23. The van der Waals surface area contributed by atoms with E-state index in [0.29, 0.717) is 34.9 Å². The number of Topliss-reactive ketones (excluding diaryl/α,β-unsaturated/α-hetero) is 1. The standard InChI is InChI=1S/C30H51N3O2/c1-20-23-11-14-30(6)26-10-9-25(21(2)32-35-22(3)33(8)18-17-31-7)29(26,5)16-13-27(30)28(20,4)15-12-24(34)19-23/h22-23,25-27,31H,1,9-19H2,2-8H3/b32-21+/t22?,23-,25+,26+,27+,28-,29+,30-/m0/s1. The summed E-state index contributed by atoms with van der Waals surface area (Å²) in [6.07, 6.45) is 9.79. The van der Waals surface area contributed by atoms with E-state index in [1.165, 1.54) is 43.4 Å². The lowest BCUT2D eigenvalue weighted by atomic mass is 9.45. The van der Waals surface area contributed by atoms with Crippen molar-refractivity contribution in [3.8, 4) is 0 Å². The first-order valence-corrected chi connectivity index (χ1v) is 14.2. The number of rotatable bonds is 7. The van der Waals surface area contributed by atoms with Gasteiger partial charge in [-0.3, -0.25) is 9.69 Å². The number of carbonyl (C=O) groups is 1. The van der Waals surface area contributed by atoms with Gasteiger partial charge in [-0.25, -0.2) is 0 Å². The van der Waals surface area contributed by atoms with Crippen molar-refractivity contribution in [3.05, 3.63) is 12.2 Å². The van der Waals surface area contributed by atoms with Crippen LogP contribution < -0.4 is 5.32 Å². The van der Waals surface area contributed by atoms with E-state index < -0.39 is 0 Å². The zero-order chi connectivity index (χ0) is 25.6. The van der Waals surface area contributed by atoms with Crippen molar-refractivity contribution < 1.29 is 9.63 Å². The van der Waals surface area contributed by atoms with Crippen LogP contribution in [-0.2, 0) is 9.63 Å². The molecule has 0 aromatic carbocycles. The Morgan fingerprint density at radius 2 is 1.86 bits per heavy atom. The van der Waals surface area contributed by atoms with Crippen LogP contribution in [0.15, 0.2) is 17.3 Å². The maximum Gasteiger partial charge on any atom is 0.178 e. The fraction of sp³-hybridized carbons (Fsp3) is 0.867. The summed E-state index contributed by atoms with van der Waals surface area (Å²) < 4.78 is 0. The minimum Gasteiger partial charge on any atom is -0.377 e. The lowest BCUT2D eigenvalue weighted by molar-refractivity contribution is -0.121. The molecule has 4 fully saturated rings. The van der Waals surface area contributed by atoms with Gasteiger partial charge in [-0.1, -0.05) is 38.1 Å². The first kappa shape index (κ1) is 26.9. The maximum atomic E-state index is 12.5. The van der Waals surface area contributed by atoms with E-state index in [9.17, 15) is 4.79 Å². The van der Waals surface area contributed by atoms with Crippen molar-refractivity contribution >= 4 is 11.5 Å². The second kappa shape index (κ2) is 9.93. The van der Waals surface area contributed by atoms with Gasteiger partial charge in [-0.05, 0) is 107 Å². The van der Waals surface area contributed by atoms with Gasteiger partial charge < -0.3 is 10.2 Å². The van der Waals surface area contributed by atoms with Crippen molar-refractivity contribution in [1.82, 2.24) is 10.2 Å². The van der Waals surface area contributed by atoms with Crippen LogP contribution in [0.25, 0.3) is 0 Å². The molecule has 4 aliphatic carbocycles. The molecule has 4 rings (SSSR count). The third-order valence-corrected chi connectivity index (χ3v) is 11.5. The van der Waals surface area contributed by atoms with E-state index in [2.05, 4.69) is 58.5 Å². The molecular weight excluding hydrogens is 434 g/mol. The number of hydrogen-bond donors (Lipinski definition) is 1. The summed E-state index contributed by atoms with van der Waals surface area (Å²) in [4.78, 5) is 20.8. The van der Waals surface area contributed by atoms with E-state index in [1.54, 1.807) is 0 Å². The first-order valence-electron chi connectivity index (χ1n) is 14.2. The van der Waals surface area contributed by atoms with Crippen LogP contribution in [0, 0.1) is 39.9 Å². The third-order valence-electron chi connectivity index (χ3n) is 11.5. The highest BCUT2D eigenvalue weighted by Crippen LogP contribution is 2.71. The van der Waals surface area contributed by atoms with Gasteiger partial charge in [-0.2, -0.15) is 0 Å². The van der Waals surface area contributed by atoms with Gasteiger partial charge in [-0.15, -0.1) is 0 Å². The van der Waals surface area contributed by atoms with Crippen molar-refractivity contribution in [2.24, 2.45) is 45.1 Å². The summed E-state index contributed by atoms with van der Waals surface area (Å²) in [5, 5.41) is 7.92. The molecule has 5 heteroatoms. The number of oxime groups is 1. The number of nitrogens with one attached hydrogen (secondary N) is 1. The van der Waals surface area contributed by atoms with E-state index in [0.717, 1.165) is 38.8 Å². The zero-order valence-electron chi connectivity index (χ0n) is 23.6. The van der Waals surface area contributed by atoms with Gasteiger partial charge in [0.15, 0.2) is 6.23 Å². The van der Waals surface area contributed by atoms with Crippen molar-refractivity contribution in [2.75, 3.05) is 27.2 Å². The first-order chi connectivity index (χ1) is 16.5. The highest BCUT2D eigenvalue weighted by molar-refractivity contribution is 5.85. The predicted molar refractivity (Wildman–Crippen MR) is 144 cm³/mol. The van der Waals surface area contributed by atoms with Gasteiger partial charge in [0.25, 0.3) is 0 Å². The summed E-state index contributed by atoms with van der Waals surface area (Å²) in [7, 11) is 4.07. The normalized spacial score (nSPS) is 42.8. The largest absolute Gasteiger partial charge is 0.377 e. The fourth-order valence-corrected chi connectivity index (χ4v) is 9.23. The van der Waals surface area contributed by atoms with Gasteiger partial charge in [0, 0.05) is 31.8 Å². The molecule has 0 amide bonds. The molecule has 35 heavy (non-hydrogen) atoms. The van der Waals surface area contributed by atoms with Gasteiger partial charge in [0.05, 0.1) is 5.71 Å². The minimum atomic E-state index is -0.0321. The molecule has 0 spiro atoms. The summed E-state index contributed by atoms with van der Waals surface area (Å²) >= 11 is 0. The molecule has 4 saturated carbocycles. The number of hydrogen-bond acceptors (Lipinski definition) is 5. The SMILES string of the molecule is C=C1[C@H]2CC[C@@]3(C)[C@@H]4CC[C@H](/C(C)=N/OC(C)N(C)CCNC)[C@@]4(C)CC[C@@H]3[C@@]1(C)CCC(=O)C2. The van der Waals surface area contributed by atoms with E-state index in [-0.39, 0.29) is 17.1 Å². The summed E-state index contributed by atoms with van der Waals surface area (Å²) in [5.41, 5.74) is 3.25. The van der Waals surface area contributed by atoms with Gasteiger partial charge in [0.2, 0.25) is 0 Å². The average molecular weight is 486 g/mol. The molecule has 8 atom stereocenters. The van der Waals surface area contributed by atoms with Crippen LogP contribution in [0.4, 0.5) is 0 Å². The van der Waals surface area contributed by atoms with Crippen molar-refractivity contribution in [1.29, 1.82) is 0 Å². The molecule has 0 aliphatic heterocycles. The number of ketones is 1. The molecule has 0 heterocycles. The van der Waals surface area contributed by atoms with Crippen molar-refractivity contribution in [2.45, 2.75) is 98.6 Å². The topological polar surface area (TPSA) is 53.9 Å². The zero-order valence-corrected chi connectivity index (χ0v) is 23.6. The molecule has 0 radical (unpaired) electrons. The Morgan fingerprint density at radius 3 is 2.57 bits per heavy atom. The average Bonchev–Trinajstić information content (AvgIpc) is 3.11. The van der Waals surface area contributed by atoms with Crippen LogP contribution in [0.3, 0.4) is 0 Å². The Kier molecular flexibility index (Phi) is 7.62. The Bertz CT molecular complexity index is 855. The van der Waals surface area contributed by atoms with Gasteiger partial charge in [0.1, 0.15) is 5.78 Å². The molecule has 0 aromatic heterocycles. The van der Waals surface area contributed by atoms with E-state index >= 15 is 0 Å². The number of allylic oxidation sites excluding steroid dienone is 1. The number of carbonyl (C=O) groups excluding carboxylic acids is 1. The van der Waals surface area contributed by atoms with E-state index in [4.69, 9.17) is 9.99 Å². The molecular formula is C30H51N3O2.